The van der Waals surface area contributed by atoms with Gasteiger partial charge in [-0.05, 0) is 25.2 Å². The number of likely N-dealkylation sites (tertiary alicyclic amines) is 1. The molecule has 0 aromatic heterocycles. The Morgan fingerprint density at radius 1 is 1.23 bits per heavy atom. The van der Waals surface area contributed by atoms with Crippen LogP contribution >= 0.6 is 0 Å². The molecular weight excluding hydrogens is 160 g/mol. The van der Waals surface area contributed by atoms with E-state index in [2.05, 4.69) is 10.2 Å². The largest absolute Gasteiger partial charge is 0.311 e. The lowest BCUT2D eigenvalue weighted by molar-refractivity contribution is 0.193. The second kappa shape index (κ2) is 3.25. The molecule has 2 aliphatic heterocycles. The fraction of sp³-hybridized carbons (Fsp3) is 1.00. The second-order valence-electron chi connectivity index (χ2n) is 5.10. The molecule has 1 aliphatic carbocycles. The van der Waals surface area contributed by atoms with E-state index >= 15 is 0 Å². The van der Waals surface area contributed by atoms with Crippen LogP contribution in [0.1, 0.15) is 32.1 Å². The first-order valence-corrected chi connectivity index (χ1v) is 5.89. The zero-order chi connectivity index (χ0) is 8.67. The summed E-state index contributed by atoms with van der Waals surface area (Å²) in [4.78, 5) is 2.75. The van der Waals surface area contributed by atoms with E-state index < -0.39 is 0 Å². The highest BCUT2D eigenvalue weighted by molar-refractivity contribution is 4.97. The monoisotopic (exact) mass is 180 g/mol. The van der Waals surface area contributed by atoms with Gasteiger partial charge >= 0.3 is 0 Å². The van der Waals surface area contributed by atoms with Crippen LogP contribution < -0.4 is 5.32 Å². The molecule has 2 nitrogen and oxygen atoms in total. The van der Waals surface area contributed by atoms with Crippen molar-refractivity contribution in [1.82, 2.24) is 10.2 Å². The summed E-state index contributed by atoms with van der Waals surface area (Å²) in [6.45, 7) is 4.00. The standard InChI is InChI=1S/C11H20N2/c1-2-4-9(3-1)7-13-8-10-5-11(13)6-12-10/h9-12H,1-8H2/t10-,11+/m0/s1. The molecule has 3 rings (SSSR count). The summed E-state index contributed by atoms with van der Waals surface area (Å²) < 4.78 is 0. The third-order valence-electron chi connectivity index (χ3n) is 4.14. The maximum absolute atomic E-state index is 3.57. The molecule has 0 aromatic rings. The van der Waals surface area contributed by atoms with E-state index in [1.807, 2.05) is 0 Å². The summed E-state index contributed by atoms with van der Waals surface area (Å²) in [6.07, 6.45) is 7.41. The molecule has 2 atom stereocenters. The molecule has 2 saturated heterocycles. The van der Waals surface area contributed by atoms with E-state index in [1.165, 1.54) is 51.7 Å². The van der Waals surface area contributed by atoms with Crippen LogP contribution in [0.5, 0.6) is 0 Å². The molecule has 0 radical (unpaired) electrons. The predicted molar refractivity (Wildman–Crippen MR) is 53.7 cm³/mol. The first-order chi connectivity index (χ1) is 6.42. The SMILES string of the molecule is C1CCC(CN2C[C@@H]3C[C@@H]2CN3)C1. The van der Waals surface area contributed by atoms with Crippen LogP contribution in [0.3, 0.4) is 0 Å². The van der Waals surface area contributed by atoms with Crippen LogP contribution in [0.25, 0.3) is 0 Å². The molecule has 1 N–H and O–H groups in total. The van der Waals surface area contributed by atoms with Crippen molar-refractivity contribution in [3.8, 4) is 0 Å². The molecule has 2 bridgehead atoms. The van der Waals surface area contributed by atoms with Gasteiger partial charge in [0, 0.05) is 31.7 Å². The van der Waals surface area contributed by atoms with E-state index in [4.69, 9.17) is 0 Å². The Balaban J connectivity index is 1.55. The van der Waals surface area contributed by atoms with Crippen LogP contribution in [0.4, 0.5) is 0 Å². The zero-order valence-corrected chi connectivity index (χ0v) is 8.34. The molecule has 3 aliphatic rings. The molecule has 0 unspecified atom stereocenters. The molecular formula is C11H20N2. The van der Waals surface area contributed by atoms with Gasteiger partial charge in [-0.1, -0.05) is 12.8 Å². The number of fused-ring (bicyclic) bond motifs is 2. The highest BCUT2D eigenvalue weighted by Crippen LogP contribution is 2.30. The molecule has 13 heavy (non-hydrogen) atoms. The van der Waals surface area contributed by atoms with Crippen molar-refractivity contribution in [3.05, 3.63) is 0 Å². The smallest absolute Gasteiger partial charge is 0.0236 e. The quantitative estimate of drug-likeness (QED) is 0.687. The van der Waals surface area contributed by atoms with E-state index in [0.717, 1.165) is 18.0 Å². The summed E-state index contributed by atoms with van der Waals surface area (Å²) in [7, 11) is 0. The Labute approximate surface area is 80.7 Å². The van der Waals surface area contributed by atoms with Crippen molar-refractivity contribution in [1.29, 1.82) is 0 Å². The lowest BCUT2D eigenvalue weighted by Gasteiger charge is -2.29. The van der Waals surface area contributed by atoms with E-state index in [-0.39, 0.29) is 0 Å². The van der Waals surface area contributed by atoms with Gasteiger partial charge in [0.2, 0.25) is 0 Å². The highest BCUT2D eigenvalue weighted by Gasteiger charge is 2.38. The van der Waals surface area contributed by atoms with Crippen LogP contribution in [-0.2, 0) is 0 Å². The topological polar surface area (TPSA) is 15.3 Å². The van der Waals surface area contributed by atoms with Crippen LogP contribution in [0.2, 0.25) is 0 Å². The molecule has 1 saturated carbocycles. The lowest BCUT2D eigenvalue weighted by atomic mass is 10.1. The maximum Gasteiger partial charge on any atom is 0.0236 e. The molecule has 0 aromatic carbocycles. The lowest BCUT2D eigenvalue weighted by Crippen LogP contribution is -2.45. The molecule has 0 spiro atoms. The molecule has 2 heteroatoms. The summed E-state index contributed by atoms with van der Waals surface area (Å²) in [6, 6.07) is 1.73. The molecule has 2 heterocycles. The Bertz CT molecular complexity index is 187. The number of hydrogen-bond donors (Lipinski definition) is 1. The average Bonchev–Trinajstić information content (AvgIpc) is 2.77. The first-order valence-electron chi connectivity index (χ1n) is 5.89. The van der Waals surface area contributed by atoms with Crippen LogP contribution in [-0.4, -0.2) is 36.6 Å². The zero-order valence-electron chi connectivity index (χ0n) is 8.34. The van der Waals surface area contributed by atoms with E-state index in [9.17, 15) is 0 Å². The van der Waals surface area contributed by atoms with Gasteiger partial charge in [-0.25, -0.2) is 0 Å². The summed E-state index contributed by atoms with van der Waals surface area (Å²) in [5.74, 6) is 1.04. The highest BCUT2D eigenvalue weighted by atomic mass is 15.3. The fourth-order valence-corrected chi connectivity index (χ4v) is 3.40. The van der Waals surface area contributed by atoms with Crippen LogP contribution in [0.15, 0.2) is 0 Å². The number of hydrogen-bond acceptors (Lipinski definition) is 2. The minimum absolute atomic E-state index is 0.839. The average molecular weight is 180 g/mol. The number of piperazine rings is 1. The predicted octanol–water partition coefficient (Wildman–Crippen LogP) is 1.22. The van der Waals surface area contributed by atoms with Gasteiger partial charge in [0.1, 0.15) is 0 Å². The Morgan fingerprint density at radius 3 is 2.69 bits per heavy atom. The van der Waals surface area contributed by atoms with Crippen molar-refractivity contribution in [2.45, 2.75) is 44.2 Å². The first kappa shape index (κ1) is 8.25. The Hall–Kier alpha value is -0.0800. The number of rotatable bonds is 2. The van der Waals surface area contributed by atoms with Gasteiger partial charge in [-0.15, -0.1) is 0 Å². The summed E-state index contributed by atoms with van der Waals surface area (Å²) in [5, 5.41) is 3.57. The normalized spacial score (nSPS) is 40.6. The number of nitrogens with one attached hydrogen (secondary N) is 1. The van der Waals surface area contributed by atoms with Gasteiger partial charge in [-0.3, -0.25) is 4.90 Å². The van der Waals surface area contributed by atoms with Gasteiger partial charge < -0.3 is 5.32 Å². The van der Waals surface area contributed by atoms with Crippen molar-refractivity contribution in [3.63, 3.8) is 0 Å². The summed E-state index contributed by atoms with van der Waals surface area (Å²) >= 11 is 0. The van der Waals surface area contributed by atoms with Crippen molar-refractivity contribution < 1.29 is 0 Å². The van der Waals surface area contributed by atoms with Crippen molar-refractivity contribution >= 4 is 0 Å². The third kappa shape index (κ3) is 1.50. The molecule has 3 fully saturated rings. The second-order valence-corrected chi connectivity index (χ2v) is 5.10. The summed E-state index contributed by atoms with van der Waals surface area (Å²) in [5.41, 5.74) is 0. The van der Waals surface area contributed by atoms with E-state index in [0.29, 0.717) is 0 Å². The Morgan fingerprint density at radius 2 is 2.08 bits per heavy atom. The van der Waals surface area contributed by atoms with Gasteiger partial charge in [0.05, 0.1) is 0 Å². The van der Waals surface area contributed by atoms with Crippen LogP contribution in [0, 0.1) is 5.92 Å². The van der Waals surface area contributed by atoms with Gasteiger partial charge in [0.25, 0.3) is 0 Å². The van der Waals surface area contributed by atoms with Crippen molar-refractivity contribution in [2.75, 3.05) is 19.6 Å². The van der Waals surface area contributed by atoms with Gasteiger partial charge in [-0.2, -0.15) is 0 Å². The molecule has 74 valence electrons. The van der Waals surface area contributed by atoms with E-state index in [1.54, 1.807) is 0 Å². The molecule has 0 amide bonds. The fourth-order valence-electron chi connectivity index (χ4n) is 3.40. The van der Waals surface area contributed by atoms with Gasteiger partial charge in [0.15, 0.2) is 0 Å². The van der Waals surface area contributed by atoms with Crippen molar-refractivity contribution in [2.24, 2.45) is 5.92 Å². The minimum atomic E-state index is 0.839. The Kier molecular flexibility index (Phi) is 2.06. The minimum Gasteiger partial charge on any atom is -0.311 e. The third-order valence-corrected chi connectivity index (χ3v) is 4.14. The number of nitrogens with zero attached hydrogens (tertiary/aromatic N) is 1. The maximum atomic E-state index is 3.57.